The van der Waals surface area contributed by atoms with Crippen molar-refractivity contribution in [3.63, 3.8) is 0 Å². The molecule has 0 aliphatic carbocycles. The Hall–Kier alpha value is -10.2. The molecule has 6 nitrogen and oxygen atoms in total. The molecule has 0 spiro atoms. The van der Waals surface area contributed by atoms with E-state index in [1.54, 1.807) is 0 Å². The molecule has 0 N–H and O–H groups in total. The molecule has 0 unspecified atom stereocenters. The zero-order valence-electron chi connectivity index (χ0n) is 40.7. The number of aromatic nitrogens is 5. The van der Waals surface area contributed by atoms with Gasteiger partial charge in [0.25, 0.3) is 0 Å². The molecule has 0 radical (unpaired) electrons. The summed E-state index contributed by atoms with van der Waals surface area (Å²) in [6.45, 7) is 0. The lowest BCUT2D eigenvalue weighted by Crippen LogP contribution is -2.13. The number of hydrogen-bond acceptors (Lipinski definition) is 4. The van der Waals surface area contributed by atoms with Crippen molar-refractivity contribution in [1.82, 2.24) is 24.1 Å². The van der Waals surface area contributed by atoms with Crippen LogP contribution in [0.4, 0.5) is 17.1 Å². The summed E-state index contributed by atoms with van der Waals surface area (Å²) < 4.78 is 4.89. The molecule has 0 saturated heterocycles. The number of rotatable bonds is 10. The molecule has 0 aliphatic rings. The standard InChI is InChI=1S/C69H46N6/c1-8-24-47(25-9-1)59-44-51(69-71-67(49-28-12-3-13-29-49)70-68(72-69)50-30-14-4-15-31-50)45-60(48-26-10-2-11-27-48)65(59)73(52-32-16-5-17-33-52)55-40-41-56-57-42-43-62-64(66(57)75(63(56)46-55)54-36-20-7-21-37-54)58-38-22-23-39-61(58)74(62)53-34-18-6-19-35-53/h1-46H. The van der Waals surface area contributed by atoms with E-state index >= 15 is 0 Å². The quantitative estimate of drug-likeness (QED) is 0.137. The van der Waals surface area contributed by atoms with E-state index in [2.05, 4.69) is 257 Å². The summed E-state index contributed by atoms with van der Waals surface area (Å²) in [5.41, 5.74) is 16.8. The highest BCUT2D eigenvalue weighted by Gasteiger charge is 2.27. The van der Waals surface area contributed by atoms with Crippen LogP contribution >= 0.6 is 0 Å². The van der Waals surface area contributed by atoms with Crippen LogP contribution in [0.5, 0.6) is 0 Å². The molecule has 0 saturated carbocycles. The van der Waals surface area contributed by atoms with Gasteiger partial charge < -0.3 is 14.0 Å². The maximum Gasteiger partial charge on any atom is 0.164 e. The smallest absolute Gasteiger partial charge is 0.164 e. The summed E-state index contributed by atoms with van der Waals surface area (Å²) in [5.74, 6) is 1.81. The van der Waals surface area contributed by atoms with Crippen LogP contribution < -0.4 is 4.90 Å². The highest BCUT2D eigenvalue weighted by atomic mass is 15.2. The van der Waals surface area contributed by atoms with E-state index in [0.717, 1.165) is 78.4 Å². The Kier molecular flexibility index (Phi) is 10.7. The van der Waals surface area contributed by atoms with Crippen LogP contribution in [0.2, 0.25) is 0 Å². The predicted molar refractivity (Wildman–Crippen MR) is 310 cm³/mol. The highest BCUT2D eigenvalue weighted by molar-refractivity contribution is 6.26. The maximum atomic E-state index is 5.27. The van der Waals surface area contributed by atoms with Gasteiger partial charge in [-0.2, -0.15) is 0 Å². The molecular weight excluding hydrogens is 913 g/mol. The Morgan fingerprint density at radius 1 is 0.280 bits per heavy atom. The second kappa shape index (κ2) is 18.5. The van der Waals surface area contributed by atoms with Crippen molar-refractivity contribution in [2.75, 3.05) is 4.90 Å². The Labute approximate surface area is 434 Å². The van der Waals surface area contributed by atoms with Crippen molar-refractivity contribution in [2.24, 2.45) is 0 Å². The van der Waals surface area contributed by atoms with Crippen molar-refractivity contribution in [2.45, 2.75) is 0 Å². The maximum absolute atomic E-state index is 5.27. The summed E-state index contributed by atoms with van der Waals surface area (Å²) in [7, 11) is 0. The molecule has 0 bridgehead atoms. The number of fused-ring (bicyclic) bond motifs is 7. The number of nitrogens with zero attached hydrogens (tertiary/aromatic N) is 6. The number of hydrogen-bond donors (Lipinski definition) is 0. The van der Waals surface area contributed by atoms with Gasteiger partial charge in [0.1, 0.15) is 0 Å². The van der Waals surface area contributed by atoms with Gasteiger partial charge in [-0.1, -0.05) is 206 Å². The van der Waals surface area contributed by atoms with E-state index in [9.17, 15) is 0 Å². The molecule has 3 heterocycles. The van der Waals surface area contributed by atoms with Gasteiger partial charge in [-0.25, -0.2) is 15.0 Å². The van der Waals surface area contributed by atoms with E-state index < -0.39 is 0 Å². The summed E-state index contributed by atoms with van der Waals surface area (Å²) in [5, 5.41) is 4.78. The molecule has 11 aromatic carbocycles. The Balaban J connectivity index is 1.07. The van der Waals surface area contributed by atoms with Crippen LogP contribution in [-0.4, -0.2) is 24.1 Å². The molecule has 14 aromatic rings. The van der Waals surface area contributed by atoms with Gasteiger partial charge in [-0.15, -0.1) is 0 Å². The van der Waals surface area contributed by atoms with Crippen molar-refractivity contribution in [3.8, 4) is 67.8 Å². The molecule has 75 heavy (non-hydrogen) atoms. The Morgan fingerprint density at radius 2 is 0.720 bits per heavy atom. The second-order valence-electron chi connectivity index (χ2n) is 18.8. The first kappa shape index (κ1) is 43.6. The number of para-hydroxylation sites is 4. The van der Waals surface area contributed by atoms with Crippen molar-refractivity contribution >= 4 is 60.7 Å². The van der Waals surface area contributed by atoms with Crippen molar-refractivity contribution in [3.05, 3.63) is 279 Å². The summed E-state index contributed by atoms with van der Waals surface area (Å²) in [6.07, 6.45) is 0. The van der Waals surface area contributed by atoms with Gasteiger partial charge in [-0.3, -0.25) is 0 Å². The van der Waals surface area contributed by atoms with Gasteiger partial charge in [0.05, 0.1) is 27.8 Å². The van der Waals surface area contributed by atoms with E-state index in [4.69, 9.17) is 15.0 Å². The zero-order chi connectivity index (χ0) is 49.7. The normalized spacial score (nSPS) is 11.5. The monoisotopic (exact) mass is 958 g/mol. The van der Waals surface area contributed by atoms with Crippen LogP contribution in [0.1, 0.15) is 0 Å². The molecule has 0 amide bonds. The van der Waals surface area contributed by atoms with Crippen LogP contribution in [0.3, 0.4) is 0 Å². The molecule has 352 valence electrons. The van der Waals surface area contributed by atoms with Crippen LogP contribution in [0, 0.1) is 0 Å². The SMILES string of the molecule is c1ccc(-c2nc(-c3ccccc3)nc(-c3cc(-c4ccccc4)c(N(c4ccccc4)c4ccc5c6ccc7c(c8ccccc8n7-c7ccccc7)c6n(-c6ccccc6)c5c4)c(-c4ccccc4)c3)n2)cc1. The number of benzene rings is 11. The molecule has 3 aromatic heterocycles. The summed E-state index contributed by atoms with van der Waals surface area (Å²) in [4.78, 5) is 18.1. The van der Waals surface area contributed by atoms with E-state index in [-0.39, 0.29) is 0 Å². The van der Waals surface area contributed by atoms with E-state index in [1.807, 2.05) is 36.4 Å². The first-order valence-electron chi connectivity index (χ1n) is 25.4. The molecular formula is C69H46N6. The molecule has 0 fully saturated rings. The lowest BCUT2D eigenvalue weighted by Gasteiger charge is -2.31. The highest BCUT2D eigenvalue weighted by Crippen LogP contribution is 2.50. The fourth-order valence-electron chi connectivity index (χ4n) is 11.0. The van der Waals surface area contributed by atoms with Crippen molar-refractivity contribution in [1.29, 1.82) is 0 Å². The van der Waals surface area contributed by atoms with Crippen molar-refractivity contribution < 1.29 is 0 Å². The zero-order valence-corrected chi connectivity index (χ0v) is 40.7. The van der Waals surface area contributed by atoms with Gasteiger partial charge in [-0.05, 0) is 83.9 Å². The molecule has 0 atom stereocenters. The minimum atomic E-state index is 0.587. The fourth-order valence-corrected chi connectivity index (χ4v) is 11.0. The molecule has 14 rings (SSSR count). The summed E-state index contributed by atoms with van der Waals surface area (Å²) in [6, 6.07) is 99.0. The average molecular weight is 959 g/mol. The minimum Gasteiger partial charge on any atom is -0.309 e. The van der Waals surface area contributed by atoms with Gasteiger partial charge in [0.2, 0.25) is 0 Å². The first-order chi connectivity index (χ1) is 37.2. The first-order valence-corrected chi connectivity index (χ1v) is 25.4. The van der Waals surface area contributed by atoms with Gasteiger partial charge in [0, 0.05) is 72.1 Å². The van der Waals surface area contributed by atoms with E-state index in [0.29, 0.717) is 17.5 Å². The third kappa shape index (κ3) is 7.63. The van der Waals surface area contributed by atoms with Gasteiger partial charge in [0.15, 0.2) is 17.5 Å². The predicted octanol–water partition coefficient (Wildman–Crippen LogP) is 17.9. The third-order valence-corrected chi connectivity index (χ3v) is 14.3. The van der Waals surface area contributed by atoms with Crippen LogP contribution in [-0.2, 0) is 0 Å². The minimum absolute atomic E-state index is 0.587. The Bertz CT molecular complexity index is 4250. The lowest BCUT2D eigenvalue weighted by molar-refractivity contribution is 1.07. The number of anilines is 3. The lowest BCUT2D eigenvalue weighted by atomic mass is 9.91. The molecule has 0 aliphatic heterocycles. The van der Waals surface area contributed by atoms with Crippen LogP contribution in [0.15, 0.2) is 279 Å². The van der Waals surface area contributed by atoms with Crippen LogP contribution in [0.25, 0.3) is 111 Å². The topological polar surface area (TPSA) is 51.8 Å². The largest absolute Gasteiger partial charge is 0.309 e. The third-order valence-electron chi connectivity index (χ3n) is 14.3. The second-order valence-corrected chi connectivity index (χ2v) is 18.8. The Morgan fingerprint density at radius 3 is 1.27 bits per heavy atom. The van der Waals surface area contributed by atoms with Gasteiger partial charge >= 0.3 is 0 Å². The fraction of sp³-hybridized carbons (Fsp3) is 0. The summed E-state index contributed by atoms with van der Waals surface area (Å²) >= 11 is 0. The average Bonchev–Trinajstić information content (AvgIpc) is 4.13. The van der Waals surface area contributed by atoms with E-state index in [1.165, 1.54) is 32.6 Å². The molecule has 6 heteroatoms.